The van der Waals surface area contributed by atoms with Crippen LogP contribution in [0.3, 0.4) is 0 Å². The van der Waals surface area contributed by atoms with Crippen LogP contribution in [0.15, 0.2) is 24.3 Å². The van der Waals surface area contributed by atoms with Crippen molar-refractivity contribution < 1.29 is 4.43 Å². The van der Waals surface area contributed by atoms with Crippen molar-refractivity contribution in [1.29, 1.82) is 0 Å². The summed E-state index contributed by atoms with van der Waals surface area (Å²) in [6.45, 7) is 4.24. The van der Waals surface area contributed by atoms with E-state index in [1.807, 2.05) is 0 Å². The third-order valence-electron chi connectivity index (χ3n) is 1.43. The molecule has 0 saturated heterocycles. The van der Waals surface area contributed by atoms with Gasteiger partial charge in [-0.15, -0.1) is 0 Å². The van der Waals surface area contributed by atoms with Crippen molar-refractivity contribution in [2.75, 3.05) is 7.11 Å². The fraction of sp³-hybridized carbons (Fsp3) is 0.333. The summed E-state index contributed by atoms with van der Waals surface area (Å²) in [5.41, 5.74) is 2.74. The molecule has 0 aliphatic heterocycles. The van der Waals surface area contributed by atoms with E-state index in [1.54, 1.807) is 7.11 Å². The molecule has 0 fully saturated rings. The van der Waals surface area contributed by atoms with Crippen molar-refractivity contribution in [2.24, 2.45) is 0 Å². The highest BCUT2D eigenvalue weighted by Gasteiger charge is 1.83. The molecule has 1 aromatic rings. The van der Waals surface area contributed by atoms with Gasteiger partial charge in [0, 0.05) is 7.11 Å². The van der Waals surface area contributed by atoms with Gasteiger partial charge in [-0.1, -0.05) is 24.3 Å². The highest BCUT2D eigenvalue weighted by atomic mass is 28.2. The first-order chi connectivity index (χ1) is 5.22. The Kier molecular flexibility index (Phi) is 5.79. The van der Waals surface area contributed by atoms with Gasteiger partial charge in [0.1, 0.15) is 10.5 Å². The summed E-state index contributed by atoms with van der Waals surface area (Å²) in [5.74, 6) is 0. The summed E-state index contributed by atoms with van der Waals surface area (Å²) in [7, 11) is 2.56. The van der Waals surface area contributed by atoms with E-state index in [-0.39, 0.29) is 0 Å². The first-order valence-corrected chi connectivity index (χ1v) is 4.46. The third kappa shape index (κ3) is 4.76. The van der Waals surface area contributed by atoms with Gasteiger partial charge in [0.05, 0.1) is 0 Å². The molecule has 62 valence electrons. The van der Waals surface area contributed by atoms with Crippen molar-refractivity contribution in [2.45, 2.75) is 13.8 Å². The number of aryl methyl sites for hydroxylation is 2. The number of hydrogen-bond donors (Lipinski definition) is 0. The van der Waals surface area contributed by atoms with E-state index in [1.165, 1.54) is 11.1 Å². The Morgan fingerprint density at radius 2 is 1.36 bits per heavy atom. The van der Waals surface area contributed by atoms with E-state index in [4.69, 9.17) is 0 Å². The van der Waals surface area contributed by atoms with Gasteiger partial charge in [0.15, 0.2) is 0 Å². The van der Waals surface area contributed by atoms with Crippen LogP contribution in [0.2, 0.25) is 0 Å². The van der Waals surface area contributed by atoms with Gasteiger partial charge in [-0.3, -0.25) is 0 Å². The first-order valence-electron chi connectivity index (χ1n) is 3.64. The van der Waals surface area contributed by atoms with E-state index in [9.17, 15) is 0 Å². The molecule has 2 heteroatoms. The summed E-state index contributed by atoms with van der Waals surface area (Å²) in [6.07, 6.45) is 0. The maximum atomic E-state index is 4.39. The summed E-state index contributed by atoms with van der Waals surface area (Å²) in [5, 5.41) is 0. The lowest BCUT2D eigenvalue weighted by molar-refractivity contribution is 0.460. The molecule has 0 aliphatic rings. The largest absolute Gasteiger partial charge is 0.431 e. The van der Waals surface area contributed by atoms with E-state index in [2.05, 4.69) is 42.5 Å². The van der Waals surface area contributed by atoms with E-state index in [0.29, 0.717) is 0 Å². The van der Waals surface area contributed by atoms with Crippen LogP contribution < -0.4 is 0 Å². The van der Waals surface area contributed by atoms with Gasteiger partial charge in [0.2, 0.25) is 0 Å². The molecule has 1 nitrogen and oxygen atoms in total. The van der Waals surface area contributed by atoms with Crippen LogP contribution in [0.4, 0.5) is 0 Å². The average molecular weight is 168 g/mol. The molecule has 11 heavy (non-hydrogen) atoms. The summed E-state index contributed by atoms with van der Waals surface area (Å²) < 4.78 is 4.39. The van der Waals surface area contributed by atoms with Crippen molar-refractivity contribution in [3.05, 3.63) is 35.4 Å². The van der Waals surface area contributed by atoms with Crippen molar-refractivity contribution in [3.8, 4) is 0 Å². The standard InChI is InChI=1S/C8H10.CH6OSi/c1-7-5-3-4-6-8(7)2;1-2-3/h3-6H,1-2H3;1,3H3. The monoisotopic (exact) mass is 168 g/mol. The zero-order chi connectivity index (χ0) is 8.69. The summed E-state index contributed by atoms with van der Waals surface area (Å²) in [6, 6.07) is 8.36. The molecule has 0 atom stereocenters. The molecular weight excluding hydrogens is 152 g/mol. The Labute approximate surface area is 71.9 Å². The highest BCUT2D eigenvalue weighted by Crippen LogP contribution is 2.02. The highest BCUT2D eigenvalue weighted by molar-refractivity contribution is 5.97. The summed E-state index contributed by atoms with van der Waals surface area (Å²) >= 11 is 0. The topological polar surface area (TPSA) is 9.23 Å². The zero-order valence-electron chi connectivity index (χ0n) is 7.72. The quantitative estimate of drug-likeness (QED) is 0.529. The van der Waals surface area contributed by atoms with E-state index < -0.39 is 0 Å². The van der Waals surface area contributed by atoms with Crippen LogP contribution >= 0.6 is 0 Å². The van der Waals surface area contributed by atoms with Crippen LogP contribution in [-0.2, 0) is 4.43 Å². The lowest BCUT2D eigenvalue weighted by Crippen LogP contribution is -1.74. The average Bonchev–Trinajstić information content (AvgIpc) is 1.97. The predicted octanol–water partition coefficient (Wildman–Crippen LogP) is 1.22. The van der Waals surface area contributed by atoms with Crippen molar-refractivity contribution >= 4 is 10.5 Å². The minimum atomic E-state index is 0.869. The molecular formula is C9H16OSi. The lowest BCUT2D eigenvalue weighted by atomic mass is 10.1. The van der Waals surface area contributed by atoms with Gasteiger partial charge in [-0.25, -0.2) is 0 Å². The van der Waals surface area contributed by atoms with Crippen molar-refractivity contribution in [3.63, 3.8) is 0 Å². The second kappa shape index (κ2) is 6.13. The molecule has 1 aromatic carbocycles. The van der Waals surface area contributed by atoms with Crippen LogP contribution in [0, 0.1) is 13.8 Å². The second-order valence-corrected chi connectivity index (χ2v) is 3.31. The maximum Gasteiger partial charge on any atom is 0.145 e. The molecule has 0 unspecified atom stereocenters. The molecule has 0 N–H and O–H groups in total. The number of benzene rings is 1. The zero-order valence-corrected chi connectivity index (χ0v) is 9.72. The molecule has 0 aliphatic carbocycles. The molecule has 0 bridgehead atoms. The molecule has 0 radical (unpaired) electrons. The Morgan fingerprint density at radius 3 is 1.55 bits per heavy atom. The minimum absolute atomic E-state index is 0.869. The minimum Gasteiger partial charge on any atom is -0.431 e. The van der Waals surface area contributed by atoms with E-state index in [0.717, 1.165) is 10.5 Å². The number of hydrogen-bond acceptors (Lipinski definition) is 1. The second-order valence-electron chi connectivity index (χ2n) is 2.49. The molecule has 0 saturated carbocycles. The van der Waals surface area contributed by atoms with Gasteiger partial charge in [-0.2, -0.15) is 0 Å². The van der Waals surface area contributed by atoms with Gasteiger partial charge >= 0.3 is 0 Å². The fourth-order valence-corrected chi connectivity index (χ4v) is 0.663. The van der Waals surface area contributed by atoms with Crippen LogP contribution in [0.5, 0.6) is 0 Å². The van der Waals surface area contributed by atoms with Gasteiger partial charge in [-0.05, 0) is 25.0 Å². The molecule has 0 spiro atoms. The first kappa shape index (κ1) is 10.4. The molecule has 0 aromatic heterocycles. The smallest absolute Gasteiger partial charge is 0.145 e. The molecule has 0 amide bonds. The molecule has 1 rings (SSSR count). The molecule has 0 heterocycles. The predicted molar refractivity (Wildman–Crippen MR) is 52.9 cm³/mol. The van der Waals surface area contributed by atoms with Gasteiger partial charge in [0.25, 0.3) is 0 Å². The van der Waals surface area contributed by atoms with Crippen molar-refractivity contribution in [1.82, 2.24) is 0 Å². The number of rotatable bonds is 0. The van der Waals surface area contributed by atoms with Gasteiger partial charge < -0.3 is 4.43 Å². The Morgan fingerprint density at radius 1 is 1.09 bits per heavy atom. The third-order valence-corrected chi connectivity index (χ3v) is 1.43. The fourth-order valence-electron chi connectivity index (χ4n) is 0.663. The summed E-state index contributed by atoms with van der Waals surface area (Å²) in [4.78, 5) is 0. The van der Waals surface area contributed by atoms with Crippen LogP contribution in [0.1, 0.15) is 11.1 Å². The van der Waals surface area contributed by atoms with E-state index >= 15 is 0 Å². The lowest BCUT2D eigenvalue weighted by Gasteiger charge is -1.93. The maximum absolute atomic E-state index is 4.39. The van der Waals surface area contributed by atoms with Crippen LogP contribution in [-0.4, -0.2) is 17.6 Å². The Hall–Kier alpha value is -0.603. The Balaban J connectivity index is 0.000000292. The van der Waals surface area contributed by atoms with Crippen LogP contribution in [0.25, 0.3) is 0 Å². The Bertz CT molecular complexity index is 178. The normalized spacial score (nSPS) is 8.64. The SMILES string of the molecule is CO[SiH3].Cc1ccccc1C.